The molecule has 0 bridgehead atoms. The van der Waals surface area contributed by atoms with Gasteiger partial charge in [-0.1, -0.05) is 31.2 Å². The molecule has 150 valence electrons. The molecule has 1 atom stereocenters. The number of hydrogen-bond donors (Lipinski definition) is 1. The summed E-state index contributed by atoms with van der Waals surface area (Å²) in [6, 6.07) is 12.4. The minimum atomic E-state index is -0.663. The van der Waals surface area contributed by atoms with Crippen LogP contribution in [-0.4, -0.2) is 43.5 Å². The van der Waals surface area contributed by atoms with Crippen molar-refractivity contribution in [2.45, 2.75) is 25.9 Å². The lowest BCUT2D eigenvalue weighted by molar-refractivity contribution is -0.142. The topological polar surface area (TPSA) is 67.9 Å². The molecule has 0 spiro atoms. The molecule has 2 amide bonds. The molecule has 2 aromatic carbocycles. The van der Waals surface area contributed by atoms with Gasteiger partial charge in [-0.25, -0.2) is 4.39 Å². The Morgan fingerprint density at radius 2 is 1.82 bits per heavy atom. The van der Waals surface area contributed by atoms with E-state index in [1.54, 1.807) is 31.4 Å². The number of methoxy groups -OCH3 is 1. The Hall–Kier alpha value is -3.09. The average molecular weight is 388 g/mol. The Labute approximate surface area is 164 Å². The van der Waals surface area contributed by atoms with Crippen LogP contribution in [0, 0.1) is 5.82 Å². The van der Waals surface area contributed by atoms with Crippen molar-refractivity contribution in [3.8, 4) is 11.5 Å². The zero-order chi connectivity index (χ0) is 20.5. The summed E-state index contributed by atoms with van der Waals surface area (Å²) in [6.45, 7) is 1.67. The van der Waals surface area contributed by atoms with Crippen LogP contribution in [0.3, 0.4) is 0 Å². The summed E-state index contributed by atoms with van der Waals surface area (Å²) < 4.78 is 24.2. The predicted octanol–water partition coefficient (Wildman–Crippen LogP) is 2.77. The van der Waals surface area contributed by atoms with Crippen molar-refractivity contribution in [2.24, 2.45) is 0 Å². The molecule has 0 aliphatic heterocycles. The molecule has 0 aromatic heterocycles. The summed E-state index contributed by atoms with van der Waals surface area (Å²) in [5.74, 6) is -0.531. The number of rotatable bonds is 9. The van der Waals surface area contributed by atoms with Gasteiger partial charge in [0.25, 0.3) is 5.91 Å². The van der Waals surface area contributed by atoms with Gasteiger partial charge in [0.15, 0.2) is 18.2 Å². The lowest BCUT2D eigenvalue weighted by Crippen LogP contribution is -2.49. The Bertz CT molecular complexity index is 795. The third-order valence-electron chi connectivity index (χ3n) is 4.33. The zero-order valence-electron chi connectivity index (χ0n) is 16.3. The van der Waals surface area contributed by atoms with E-state index in [1.165, 1.54) is 24.1 Å². The number of ether oxygens (including phenoxy) is 2. The summed E-state index contributed by atoms with van der Waals surface area (Å²) in [7, 11) is 3.10. The van der Waals surface area contributed by atoms with E-state index in [2.05, 4.69) is 5.32 Å². The minimum Gasteiger partial charge on any atom is -0.497 e. The molecule has 0 unspecified atom stereocenters. The van der Waals surface area contributed by atoms with Crippen LogP contribution in [0.4, 0.5) is 4.39 Å². The molecule has 6 nitrogen and oxygen atoms in total. The van der Waals surface area contributed by atoms with Gasteiger partial charge in [-0.15, -0.1) is 0 Å². The summed E-state index contributed by atoms with van der Waals surface area (Å²) in [6.07, 6.45) is 0.432. The first-order valence-corrected chi connectivity index (χ1v) is 9.01. The Kier molecular flexibility index (Phi) is 7.80. The molecule has 1 N–H and O–H groups in total. The van der Waals surface area contributed by atoms with Gasteiger partial charge in [-0.2, -0.15) is 0 Å². The van der Waals surface area contributed by atoms with Crippen LogP contribution in [0.2, 0.25) is 0 Å². The van der Waals surface area contributed by atoms with Crippen LogP contribution in [0.15, 0.2) is 48.5 Å². The fourth-order valence-electron chi connectivity index (χ4n) is 2.80. The maximum atomic E-state index is 13.7. The summed E-state index contributed by atoms with van der Waals surface area (Å²) >= 11 is 0. The van der Waals surface area contributed by atoms with Gasteiger partial charge in [-0.05, 0) is 36.2 Å². The quantitative estimate of drug-likeness (QED) is 0.717. The first-order valence-electron chi connectivity index (χ1n) is 9.01. The third kappa shape index (κ3) is 5.45. The van der Waals surface area contributed by atoms with Crippen molar-refractivity contribution in [1.29, 1.82) is 0 Å². The average Bonchev–Trinajstić information content (AvgIpc) is 2.73. The lowest BCUT2D eigenvalue weighted by Gasteiger charge is -2.30. The van der Waals surface area contributed by atoms with Gasteiger partial charge in [-0.3, -0.25) is 9.59 Å². The predicted molar refractivity (Wildman–Crippen MR) is 104 cm³/mol. The maximum absolute atomic E-state index is 13.7. The molecule has 0 heterocycles. The standard InChI is InChI=1S/C21H25FN2O4/c1-4-18(21(26)23-2)24(13-15-9-11-16(27-3)12-10-15)20(25)14-28-19-8-6-5-7-17(19)22/h5-12,18H,4,13-14H2,1-3H3,(H,23,26)/t18-/m0/s1. The van der Waals surface area contributed by atoms with E-state index in [1.807, 2.05) is 19.1 Å². The van der Waals surface area contributed by atoms with E-state index in [4.69, 9.17) is 9.47 Å². The van der Waals surface area contributed by atoms with Crippen LogP contribution in [-0.2, 0) is 16.1 Å². The number of nitrogens with one attached hydrogen (secondary N) is 1. The number of amides is 2. The summed E-state index contributed by atoms with van der Waals surface area (Å²) in [4.78, 5) is 26.6. The highest BCUT2D eigenvalue weighted by Crippen LogP contribution is 2.18. The van der Waals surface area contributed by atoms with E-state index in [0.717, 1.165) is 5.56 Å². The minimum absolute atomic E-state index is 0.00626. The second-order valence-electron chi connectivity index (χ2n) is 6.13. The smallest absolute Gasteiger partial charge is 0.261 e. The second-order valence-corrected chi connectivity index (χ2v) is 6.13. The van der Waals surface area contributed by atoms with Gasteiger partial charge < -0.3 is 19.7 Å². The van der Waals surface area contributed by atoms with Crippen molar-refractivity contribution in [1.82, 2.24) is 10.2 Å². The van der Waals surface area contributed by atoms with E-state index in [-0.39, 0.29) is 24.8 Å². The molecule has 7 heteroatoms. The first kappa shape index (κ1) is 21.2. The zero-order valence-corrected chi connectivity index (χ0v) is 16.3. The van der Waals surface area contributed by atoms with Crippen LogP contribution < -0.4 is 14.8 Å². The Morgan fingerprint density at radius 1 is 1.14 bits per heavy atom. The highest BCUT2D eigenvalue weighted by molar-refractivity contribution is 5.88. The fraction of sp³-hybridized carbons (Fsp3) is 0.333. The van der Waals surface area contributed by atoms with Gasteiger partial charge >= 0.3 is 0 Å². The van der Waals surface area contributed by atoms with E-state index in [9.17, 15) is 14.0 Å². The maximum Gasteiger partial charge on any atom is 0.261 e. The first-order chi connectivity index (χ1) is 13.5. The number of carbonyl (C=O) groups is 2. The van der Waals surface area contributed by atoms with Crippen LogP contribution in [0.25, 0.3) is 0 Å². The normalized spacial score (nSPS) is 11.4. The monoisotopic (exact) mass is 388 g/mol. The van der Waals surface area contributed by atoms with E-state index < -0.39 is 17.8 Å². The Balaban J connectivity index is 2.19. The number of likely N-dealkylation sites (N-methyl/N-ethyl adjacent to an activating group) is 1. The van der Waals surface area contributed by atoms with Gasteiger partial charge in [0, 0.05) is 13.6 Å². The number of nitrogens with zero attached hydrogens (tertiary/aromatic N) is 1. The van der Waals surface area contributed by atoms with Gasteiger partial charge in [0.2, 0.25) is 5.91 Å². The number of carbonyl (C=O) groups excluding carboxylic acids is 2. The molecule has 0 radical (unpaired) electrons. The molecule has 28 heavy (non-hydrogen) atoms. The van der Waals surface area contributed by atoms with Crippen LogP contribution >= 0.6 is 0 Å². The molecule has 2 rings (SSSR count). The van der Waals surface area contributed by atoms with Crippen molar-refractivity contribution in [3.63, 3.8) is 0 Å². The van der Waals surface area contributed by atoms with Gasteiger partial charge in [0.1, 0.15) is 11.8 Å². The van der Waals surface area contributed by atoms with Crippen molar-refractivity contribution in [2.75, 3.05) is 20.8 Å². The van der Waals surface area contributed by atoms with E-state index >= 15 is 0 Å². The highest BCUT2D eigenvalue weighted by Gasteiger charge is 2.28. The summed E-state index contributed by atoms with van der Waals surface area (Å²) in [5.41, 5.74) is 0.836. The number of halogens is 1. The number of hydrogen-bond acceptors (Lipinski definition) is 4. The van der Waals surface area contributed by atoms with Crippen molar-refractivity contribution < 1.29 is 23.5 Å². The number of para-hydroxylation sites is 1. The molecule has 0 saturated heterocycles. The second kappa shape index (κ2) is 10.3. The van der Waals surface area contributed by atoms with Gasteiger partial charge in [0.05, 0.1) is 7.11 Å². The van der Waals surface area contributed by atoms with Crippen molar-refractivity contribution >= 4 is 11.8 Å². The van der Waals surface area contributed by atoms with E-state index in [0.29, 0.717) is 12.2 Å². The molecule has 2 aromatic rings. The molecule has 0 aliphatic carbocycles. The third-order valence-corrected chi connectivity index (χ3v) is 4.33. The number of benzene rings is 2. The largest absolute Gasteiger partial charge is 0.497 e. The Morgan fingerprint density at radius 3 is 2.39 bits per heavy atom. The molecular formula is C21H25FN2O4. The van der Waals surface area contributed by atoms with Crippen LogP contribution in [0.1, 0.15) is 18.9 Å². The van der Waals surface area contributed by atoms with Crippen LogP contribution in [0.5, 0.6) is 11.5 Å². The SMILES string of the molecule is CC[C@@H](C(=O)NC)N(Cc1ccc(OC)cc1)C(=O)COc1ccccc1F. The molecule has 0 saturated carbocycles. The lowest BCUT2D eigenvalue weighted by atomic mass is 10.1. The fourth-order valence-corrected chi connectivity index (χ4v) is 2.80. The molecule has 0 aliphatic rings. The highest BCUT2D eigenvalue weighted by atomic mass is 19.1. The molecular weight excluding hydrogens is 363 g/mol. The summed E-state index contributed by atoms with van der Waals surface area (Å²) in [5, 5.41) is 2.58. The van der Waals surface area contributed by atoms with Crippen molar-refractivity contribution in [3.05, 3.63) is 59.9 Å². The molecule has 0 fully saturated rings.